The van der Waals surface area contributed by atoms with Gasteiger partial charge >= 0.3 is 0 Å². The first-order chi connectivity index (χ1) is 12.9. The van der Waals surface area contributed by atoms with Crippen molar-refractivity contribution in [2.24, 2.45) is 4.99 Å². The van der Waals surface area contributed by atoms with Crippen LogP contribution in [0.2, 0.25) is 0 Å². The Labute approximate surface area is 160 Å². The van der Waals surface area contributed by atoms with Gasteiger partial charge in [0, 0.05) is 50.9 Å². The van der Waals surface area contributed by atoms with Crippen molar-refractivity contribution in [3.8, 4) is 0 Å². The second-order valence-electron chi connectivity index (χ2n) is 6.15. The number of nitrogens with one attached hydrogen (secondary N) is 1. The van der Waals surface area contributed by atoms with Gasteiger partial charge < -0.3 is 15.1 Å². The van der Waals surface area contributed by atoms with Crippen molar-refractivity contribution >= 4 is 23.5 Å². The molecule has 138 valence electrons. The summed E-state index contributed by atoms with van der Waals surface area (Å²) < 4.78 is 0. The summed E-state index contributed by atoms with van der Waals surface area (Å²) in [5.41, 5.74) is 0. The highest BCUT2D eigenvalue weighted by molar-refractivity contribution is 7.99. The van der Waals surface area contributed by atoms with Gasteiger partial charge in [0.15, 0.2) is 5.96 Å². The average molecular weight is 370 g/mol. The zero-order valence-corrected chi connectivity index (χ0v) is 16.2. The number of piperazine rings is 1. The molecule has 1 saturated heterocycles. The number of hydrogen-bond acceptors (Lipinski definition) is 4. The lowest BCUT2D eigenvalue weighted by Crippen LogP contribution is -2.52. The second-order valence-corrected chi connectivity index (χ2v) is 7.32. The Hall–Kier alpha value is -2.21. The van der Waals surface area contributed by atoms with Crippen LogP contribution in [0.25, 0.3) is 0 Å². The molecule has 1 aromatic heterocycles. The van der Waals surface area contributed by atoms with Crippen LogP contribution in [0.15, 0.2) is 64.6 Å². The molecule has 0 saturated carbocycles. The van der Waals surface area contributed by atoms with Crippen molar-refractivity contribution in [2.75, 3.05) is 50.4 Å². The fourth-order valence-corrected chi connectivity index (χ4v) is 3.87. The van der Waals surface area contributed by atoms with Crippen LogP contribution in [0.3, 0.4) is 0 Å². The number of benzene rings is 1. The Bertz CT molecular complexity index is 669. The lowest BCUT2D eigenvalue weighted by Gasteiger charge is -2.37. The number of rotatable bonds is 6. The third kappa shape index (κ3) is 5.39. The SMILES string of the molecule is CN=C(NCCCSc1ccccc1)N1CCN(c2ccccn2)CC1. The van der Waals surface area contributed by atoms with Crippen molar-refractivity contribution in [3.63, 3.8) is 0 Å². The molecule has 0 bridgehead atoms. The fourth-order valence-electron chi connectivity index (χ4n) is 3.00. The maximum atomic E-state index is 4.46. The molecule has 3 rings (SSSR count). The lowest BCUT2D eigenvalue weighted by atomic mass is 10.3. The van der Waals surface area contributed by atoms with Crippen LogP contribution in [0.5, 0.6) is 0 Å². The molecule has 0 spiro atoms. The van der Waals surface area contributed by atoms with Crippen molar-refractivity contribution in [2.45, 2.75) is 11.3 Å². The zero-order valence-electron chi connectivity index (χ0n) is 15.3. The van der Waals surface area contributed by atoms with E-state index in [1.165, 1.54) is 4.90 Å². The van der Waals surface area contributed by atoms with Crippen LogP contribution in [0, 0.1) is 0 Å². The molecule has 1 fully saturated rings. The van der Waals surface area contributed by atoms with Gasteiger partial charge in [-0.25, -0.2) is 4.98 Å². The van der Waals surface area contributed by atoms with Crippen molar-refractivity contribution in [1.29, 1.82) is 0 Å². The summed E-state index contributed by atoms with van der Waals surface area (Å²) in [7, 11) is 1.87. The van der Waals surface area contributed by atoms with Gasteiger partial charge in [0.25, 0.3) is 0 Å². The first-order valence-corrected chi connectivity index (χ1v) is 10.1. The number of anilines is 1. The number of thioether (sulfide) groups is 1. The van der Waals surface area contributed by atoms with Gasteiger partial charge in [-0.05, 0) is 36.4 Å². The van der Waals surface area contributed by atoms with Gasteiger partial charge in [-0.15, -0.1) is 11.8 Å². The van der Waals surface area contributed by atoms with Gasteiger partial charge in [-0.2, -0.15) is 0 Å². The summed E-state index contributed by atoms with van der Waals surface area (Å²) in [6, 6.07) is 16.6. The molecule has 1 aliphatic heterocycles. The number of guanidine groups is 1. The number of pyridine rings is 1. The third-order valence-corrected chi connectivity index (χ3v) is 5.48. The minimum Gasteiger partial charge on any atom is -0.356 e. The van der Waals surface area contributed by atoms with Crippen LogP contribution in [-0.4, -0.2) is 61.4 Å². The predicted molar refractivity (Wildman–Crippen MR) is 111 cm³/mol. The molecule has 0 unspecified atom stereocenters. The molecular weight excluding hydrogens is 342 g/mol. The Morgan fingerprint density at radius 2 is 1.85 bits per heavy atom. The number of aromatic nitrogens is 1. The quantitative estimate of drug-likeness (QED) is 0.367. The molecule has 0 atom stereocenters. The second kappa shape index (κ2) is 10.1. The largest absolute Gasteiger partial charge is 0.356 e. The van der Waals surface area contributed by atoms with E-state index in [4.69, 9.17) is 0 Å². The molecule has 1 N–H and O–H groups in total. The molecule has 6 heteroatoms. The van der Waals surface area contributed by atoms with E-state index in [1.807, 2.05) is 37.1 Å². The molecule has 5 nitrogen and oxygen atoms in total. The summed E-state index contributed by atoms with van der Waals surface area (Å²) in [5, 5.41) is 3.51. The highest BCUT2D eigenvalue weighted by Gasteiger charge is 2.20. The maximum Gasteiger partial charge on any atom is 0.193 e. The van der Waals surface area contributed by atoms with E-state index in [1.54, 1.807) is 0 Å². The van der Waals surface area contributed by atoms with Gasteiger partial charge in [0.2, 0.25) is 0 Å². The summed E-state index contributed by atoms with van der Waals surface area (Å²) in [5.74, 6) is 3.19. The van der Waals surface area contributed by atoms with Crippen LogP contribution in [0.1, 0.15) is 6.42 Å². The van der Waals surface area contributed by atoms with Gasteiger partial charge in [-0.1, -0.05) is 24.3 Å². The normalized spacial score (nSPS) is 15.2. The average Bonchev–Trinajstić information content (AvgIpc) is 2.72. The summed E-state index contributed by atoms with van der Waals surface area (Å²) in [6.07, 6.45) is 2.97. The molecule has 1 aliphatic rings. The standard InChI is InChI=1S/C20H27N5S/c1-21-20(23-12-7-17-26-18-8-3-2-4-9-18)25-15-13-24(14-16-25)19-10-5-6-11-22-19/h2-6,8-11H,7,12-17H2,1H3,(H,21,23). The fraction of sp³-hybridized carbons (Fsp3) is 0.400. The number of aliphatic imine (C=N–C) groups is 1. The molecule has 0 aliphatic carbocycles. The van der Waals surface area contributed by atoms with Gasteiger partial charge in [0.1, 0.15) is 5.82 Å². The molecular formula is C20H27N5S. The molecule has 0 amide bonds. The van der Waals surface area contributed by atoms with E-state index in [-0.39, 0.29) is 0 Å². The Kier molecular flexibility index (Phi) is 7.19. The third-order valence-electron chi connectivity index (χ3n) is 4.38. The van der Waals surface area contributed by atoms with E-state index in [0.29, 0.717) is 0 Å². The first-order valence-electron chi connectivity index (χ1n) is 9.16. The van der Waals surface area contributed by atoms with Crippen LogP contribution in [-0.2, 0) is 0 Å². The smallest absolute Gasteiger partial charge is 0.193 e. The van der Waals surface area contributed by atoms with E-state index in [2.05, 4.69) is 61.5 Å². The van der Waals surface area contributed by atoms with Crippen LogP contribution < -0.4 is 10.2 Å². The van der Waals surface area contributed by atoms with E-state index < -0.39 is 0 Å². The van der Waals surface area contributed by atoms with Crippen molar-refractivity contribution < 1.29 is 0 Å². The minimum atomic E-state index is 0.951. The molecule has 2 aromatic rings. The molecule has 1 aromatic carbocycles. The summed E-state index contributed by atoms with van der Waals surface area (Å²) >= 11 is 1.91. The zero-order chi connectivity index (χ0) is 18.0. The lowest BCUT2D eigenvalue weighted by molar-refractivity contribution is 0.371. The Morgan fingerprint density at radius 1 is 1.08 bits per heavy atom. The Morgan fingerprint density at radius 3 is 2.54 bits per heavy atom. The Balaban J connectivity index is 1.37. The topological polar surface area (TPSA) is 43.8 Å². The molecule has 2 heterocycles. The summed E-state index contributed by atoms with van der Waals surface area (Å²) in [4.78, 5) is 14.9. The maximum absolute atomic E-state index is 4.46. The van der Waals surface area contributed by atoms with Gasteiger partial charge in [0.05, 0.1) is 0 Å². The number of nitrogens with zero attached hydrogens (tertiary/aromatic N) is 4. The van der Waals surface area contributed by atoms with Crippen LogP contribution >= 0.6 is 11.8 Å². The highest BCUT2D eigenvalue weighted by Crippen LogP contribution is 2.17. The predicted octanol–water partition coefficient (Wildman–Crippen LogP) is 2.96. The summed E-state index contributed by atoms with van der Waals surface area (Å²) in [6.45, 7) is 4.83. The highest BCUT2D eigenvalue weighted by atomic mass is 32.2. The molecule has 0 radical (unpaired) electrons. The van der Waals surface area contributed by atoms with E-state index in [9.17, 15) is 0 Å². The molecule has 26 heavy (non-hydrogen) atoms. The van der Waals surface area contributed by atoms with Crippen molar-refractivity contribution in [3.05, 3.63) is 54.7 Å². The van der Waals surface area contributed by atoms with Crippen LogP contribution in [0.4, 0.5) is 5.82 Å². The van der Waals surface area contributed by atoms with E-state index >= 15 is 0 Å². The van der Waals surface area contributed by atoms with Crippen molar-refractivity contribution in [1.82, 2.24) is 15.2 Å². The minimum absolute atomic E-state index is 0.951. The van der Waals surface area contributed by atoms with Gasteiger partial charge in [-0.3, -0.25) is 4.99 Å². The van der Waals surface area contributed by atoms with E-state index in [0.717, 1.165) is 56.7 Å². The monoisotopic (exact) mass is 369 g/mol. The number of hydrogen-bond donors (Lipinski definition) is 1. The first kappa shape index (κ1) is 18.6.